The fourth-order valence-corrected chi connectivity index (χ4v) is 1.54. The lowest BCUT2D eigenvalue weighted by Crippen LogP contribution is -2.19. The third kappa shape index (κ3) is 1.69. The topological polar surface area (TPSA) is 54.0 Å². The van der Waals surface area contributed by atoms with E-state index in [9.17, 15) is 4.79 Å². The van der Waals surface area contributed by atoms with Gasteiger partial charge in [-0.1, -0.05) is 0 Å². The minimum absolute atomic E-state index is 0.0381. The van der Waals surface area contributed by atoms with Gasteiger partial charge >= 0.3 is 0 Å². The Morgan fingerprint density at radius 2 is 2.36 bits per heavy atom. The van der Waals surface area contributed by atoms with Crippen molar-refractivity contribution in [2.45, 2.75) is 26.3 Å². The summed E-state index contributed by atoms with van der Waals surface area (Å²) in [5.41, 5.74) is 1.82. The first-order chi connectivity index (χ1) is 6.65. The number of hydrogen-bond donors (Lipinski definition) is 2. The highest BCUT2D eigenvalue weighted by atomic mass is 16.1. The Morgan fingerprint density at radius 3 is 3.14 bits per heavy atom. The normalized spacial score (nSPS) is 20.4. The Kier molecular flexibility index (Phi) is 2.11. The van der Waals surface area contributed by atoms with E-state index >= 15 is 0 Å². The fourth-order valence-electron chi connectivity index (χ4n) is 1.54. The molecule has 0 aliphatic carbocycles. The first kappa shape index (κ1) is 8.99. The van der Waals surface area contributed by atoms with E-state index in [1.165, 1.54) is 0 Å². The summed E-state index contributed by atoms with van der Waals surface area (Å²) in [6.45, 7) is 3.92. The number of carbonyl (C=O) groups excluding carboxylic acids is 1. The van der Waals surface area contributed by atoms with Crippen LogP contribution in [0.5, 0.6) is 0 Å². The molecule has 4 nitrogen and oxygen atoms in total. The molecule has 2 rings (SSSR count). The lowest BCUT2D eigenvalue weighted by molar-refractivity contribution is -0.116. The molecule has 14 heavy (non-hydrogen) atoms. The van der Waals surface area contributed by atoms with Gasteiger partial charge in [-0.05, 0) is 25.5 Å². The van der Waals surface area contributed by atoms with Crippen molar-refractivity contribution in [2.24, 2.45) is 0 Å². The molecule has 0 radical (unpaired) electrons. The number of carbonyl (C=O) groups is 1. The van der Waals surface area contributed by atoms with Gasteiger partial charge in [-0.3, -0.25) is 4.79 Å². The van der Waals surface area contributed by atoms with E-state index in [1.54, 1.807) is 6.20 Å². The number of anilines is 2. The Bertz CT molecular complexity index is 376. The molecule has 0 unspecified atom stereocenters. The van der Waals surface area contributed by atoms with E-state index in [-0.39, 0.29) is 11.9 Å². The van der Waals surface area contributed by atoms with Gasteiger partial charge < -0.3 is 10.6 Å². The molecule has 1 aromatic heterocycles. The molecule has 0 aromatic carbocycles. The molecule has 0 spiro atoms. The van der Waals surface area contributed by atoms with E-state index in [1.807, 2.05) is 19.9 Å². The van der Waals surface area contributed by atoms with Crippen molar-refractivity contribution in [2.75, 3.05) is 10.6 Å². The van der Waals surface area contributed by atoms with Crippen LogP contribution in [0.3, 0.4) is 0 Å². The van der Waals surface area contributed by atoms with E-state index < -0.39 is 0 Å². The maximum Gasteiger partial charge on any atom is 0.226 e. The van der Waals surface area contributed by atoms with Gasteiger partial charge in [0.15, 0.2) is 0 Å². The lowest BCUT2D eigenvalue weighted by Gasteiger charge is -2.10. The molecule has 0 saturated heterocycles. The zero-order valence-electron chi connectivity index (χ0n) is 8.29. The second-order valence-corrected chi connectivity index (χ2v) is 3.71. The van der Waals surface area contributed by atoms with Gasteiger partial charge in [-0.15, -0.1) is 0 Å². The molecule has 2 heterocycles. The van der Waals surface area contributed by atoms with Crippen molar-refractivity contribution < 1.29 is 4.79 Å². The second-order valence-electron chi connectivity index (χ2n) is 3.71. The number of rotatable bonds is 0. The summed E-state index contributed by atoms with van der Waals surface area (Å²) >= 11 is 0. The molecular formula is C10H13N3O. The maximum atomic E-state index is 11.4. The Hall–Kier alpha value is -1.58. The minimum atomic E-state index is 0.0381. The highest BCUT2D eigenvalue weighted by Crippen LogP contribution is 2.24. The van der Waals surface area contributed by atoms with Crippen LogP contribution in [0.1, 0.15) is 18.9 Å². The molecule has 1 aromatic rings. The van der Waals surface area contributed by atoms with Gasteiger partial charge in [0, 0.05) is 18.7 Å². The van der Waals surface area contributed by atoms with Gasteiger partial charge in [0.1, 0.15) is 5.82 Å². The summed E-state index contributed by atoms with van der Waals surface area (Å²) in [5, 5.41) is 6.02. The third-order valence-electron chi connectivity index (χ3n) is 2.17. The molecule has 0 saturated carbocycles. The first-order valence-corrected chi connectivity index (χ1v) is 4.68. The van der Waals surface area contributed by atoms with Crippen molar-refractivity contribution in [1.29, 1.82) is 0 Å². The van der Waals surface area contributed by atoms with Crippen LogP contribution in [0.25, 0.3) is 0 Å². The smallest absolute Gasteiger partial charge is 0.226 e. The van der Waals surface area contributed by atoms with E-state index in [0.29, 0.717) is 6.42 Å². The zero-order valence-corrected chi connectivity index (χ0v) is 8.29. The number of fused-ring (bicyclic) bond motifs is 1. The molecule has 0 fully saturated rings. The highest BCUT2D eigenvalue weighted by Gasteiger charge is 2.17. The Labute approximate surface area is 82.7 Å². The van der Waals surface area contributed by atoms with E-state index in [0.717, 1.165) is 17.1 Å². The van der Waals surface area contributed by atoms with E-state index in [2.05, 4.69) is 15.6 Å². The molecular weight excluding hydrogens is 178 g/mol. The molecule has 2 N–H and O–H groups in total. The van der Waals surface area contributed by atoms with Gasteiger partial charge in [-0.25, -0.2) is 4.98 Å². The fraction of sp³-hybridized carbons (Fsp3) is 0.400. The van der Waals surface area contributed by atoms with Gasteiger partial charge in [0.05, 0.1) is 5.69 Å². The molecule has 1 aliphatic heterocycles. The standard InChI is InChI=1S/C10H13N3O/c1-6-3-8-10(11-5-6)12-7(2)4-9(14)13-8/h3,5,7H,4H2,1-2H3,(H,11,12)(H,13,14)/t7-/m1/s1. The highest BCUT2D eigenvalue weighted by molar-refractivity contribution is 5.95. The van der Waals surface area contributed by atoms with Crippen LogP contribution in [-0.4, -0.2) is 16.9 Å². The monoisotopic (exact) mass is 191 g/mol. The number of nitrogens with one attached hydrogen (secondary N) is 2. The summed E-state index contributed by atoms with van der Waals surface area (Å²) < 4.78 is 0. The zero-order chi connectivity index (χ0) is 10.1. The summed E-state index contributed by atoms with van der Waals surface area (Å²) in [5.74, 6) is 0.796. The average molecular weight is 191 g/mol. The molecule has 1 aliphatic rings. The second kappa shape index (κ2) is 3.29. The molecule has 4 heteroatoms. The van der Waals surface area contributed by atoms with Crippen LogP contribution in [-0.2, 0) is 4.79 Å². The van der Waals surface area contributed by atoms with Crippen LogP contribution in [0, 0.1) is 6.92 Å². The van der Waals surface area contributed by atoms with E-state index in [4.69, 9.17) is 0 Å². The van der Waals surface area contributed by atoms with Crippen molar-refractivity contribution in [1.82, 2.24) is 4.98 Å². The Morgan fingerprint density at radius 1 is 1.57 bits per heavy atom. The largest absolute Gasteiger partial charge is 0.365 e. The number of aromatic nitrogens is 1. The predicted molar refractivity (Wildman–Crippen MR) is 55.3 cm³/mol. The van der Waals surface area contributed by atoms with Gasteiger partial charge in [0.25, 0.3) is 0 Å². The van der Waals surface area contributed by atoms with Crippen molar-refractivity contribution >= 4 is 17.4 Å². The van der Waals surface area contributed by atoms with Crippen molar-refractivity contribution in [3.8, 4) is 0 Å². The van der Waals surface area contributed by atoms with Crippen LogP contribution in [0.4, 0.5) is 11.5 Å². The first-order valence-electron chi connectivity index (χ1n) is 4.68. The molecule has 1 atom stereocenters. The quantitative estimate of drug-likeness (QED) is 0.654. The number of amides is 1. The average Bonchev–Trinajstić information content (AvgIpc) is 2.21. The number of nitrogens with zero attached hydrogens (tertiary/aromatic N) is 1. The van der Waals surface area contributed by atoms with Crippen LogP contribution in [0.15, 0.2) is 12.3 Å². The van der Waals surface area contributed by atoms with Crippen LogP contribution in [0.2, 0.25) is 0 Å². The third-order valence-corrected chi connectivity index (χ3v) is 2.17. The molecule has 74 valence electrons. The van der Waals surface area contributed by atoms with Crippen molar-refractivity contribution in [3.05, 3.63) is 17.8 Å². The summed E-state index contributed by atoms with van der Waals surface area (Å²) in [7, 11) is 0. The molecule has 1 amide bonds. The molecule has 0 bridgehead atoms. The van der Waals surface area contributed by atoms with Crippen molar-refractivity contribution in [3.63, 3.8) is 0 Å². The number of pyridine rings is 1. The maximum absolute atomic E-state index is 11.4. The number of hydrogen-bond acceptors (Lipinski definition) is 3. The predicted octanol–water partition coefficient (Wildman–Crippen LogP) is 1.53. The van der Waals surface area contributed by atoms with Gasteiger partial charge in [-0.2, -0.15) is 0 Å². The summed E-state index contributed by atoms with van der Waals surface area (Å²) in [6.07, 6.45) is 2.27. The summed E-state index contributed by atoms with van der Waals surface area (Å²) in [6, 6.07) is 2.05. The Balaban J connectivity index is 2.41. The number of aryl methyl sites for hydroxylation is 1. The SMILES string of the molecule is Cc1cnc2c(c1)NC(=O)C[C@@H](C)N2. The van der Waals surface area contributed by atoms with Crippen LogP contribution < -0.4 is 10.6 Å². The van der Waals surface area contributed by atoms with Gasteiger partial charge in [0.2, 0.25) is 5.91 Å². The minimum Gasteiger partial charge on any atom is -0.365 e. The lowest BCUT2D eigenvalue weighted by atomic mass is 10.2. The summed E-state index contributed by atoms with van der Waals surface area (Å²) in [4.78, 5) is 15.6. The van der Waals surface area contributed by atoms with Crippen LogP contribution >= 0.6 is 0 Å².